The molecule has 0 radical (unpaired) electrons. The van der Waals surface area contributed by atoms with Crippen LogP contribution >= 0.6 is 15.6 Å². The molecule has 19 heteroatoms. The maximum atomic E-state index is 13.1. The lowest BCUT2D eigenvalue weighted by atomic mass is 10.00. The normalized spacial score (nSPS) is 14.5. The zero-order chi connectivity index (χ0) is 68.2. The Hall–Kier alpha value is -1.94. The Kier molecular flexibility index (Phi) is 61.3. The zero-order valence-corrected chi connectivity index (χ0v) is 62.0. The minimum absolute atomic E-state index is 0.102. The summed E-state index contributed by atoms with van der Waals surface area (Å²) in [7, 11) is -9.91. The van der Waals surface area contributed by atoms with Gasteiger partial charge in [0.15, 0.2) is 12.2 Å². The van der Waals surface area contributed by atoms with Crippen molar-refractivity contribution >= 4 is 39.5 Å². The van der Waals surface area contributed by atoms with Crippen molar-refractivity contribution < 1.29 is 80.2 Å². The van der Waals surface area contributed by atoms with E-state index in [0.29, 0.717) is 31.6 Å². The molecule has 0 rings (SSSR count). The Labute approximate surface area is 562 Å². The van der Waals surface area contributed by atoms with Crippen molar-refractivity contribution in [3.63, 3.8) is 0 Å². The summed E-state index contributed by atoms with van der Waals surface area (Å²) in [5.41, 5.74) is 0. The number of carbonyl (C=O) groups is 4. The largest absolute Gasteiger partial charge is 0.472 e. The molecule has 92 heavy (non-hydrogen) atoms. The van der Waals surface area contributed by atoms with E-state index in [2.05, 4.69) is 55.4 Å². The molecule has 0 saturated heterocycles. The Bertz CT molecular complexity index is 1820. The van der Waals surface area contributed by atoms with E-state index >= 15 is 0 Å². The monoisotopic (exact) mass is 1350 g/mol. The minimum atomic E-state index is -4.96. The number of rotatable bonds is 70. The first-order valence-corrected chi connectivity index (χ1v) is 40.7. The molecule has 0 amide bonds. The van der Waals surface area contributed by atoms with Crippen LogP contribution in [-0.2, 0) is 65.4 Å². The predicted molar refractivity (Wildman–Crippen MR) is 372 cm³/mol. The molecule has 0 heterocycles. The Morgan fingerprint density at radius 3 is 0.772 bits per heavy atom. The molecule has 3 N–H and O–H groups in total. The molecule has 0 spiro atoms. The van der Waals surface area contributed by atoms with Crippen LogP contribution in [0.15, 0.2) is 0 Å². The van der Waals surface area contributed by atoms with Gasteiger partial charge in [0.1, 0.15) is 19.3 Å². The number of aliphatic hydroxyl groups is 1. The number of phosphoric acid groups is 2. The first-order chi connectivity index (χ1) is 44.1. The van der Waals surface area contributed by atoms with E-state index in [9.17, 15) is 43.2 Å². The van der Waals surface area contributed by atoms with Crippen LogP contribution < -0.4 is 0 Å². The second-order valence-electron chi connectivity index (χ2n) is 28.0. The first-order valence-electron chi connectivity index (χ1n) is 37.7. The van der Waals surface area contributed by atoms with Crippen LogP contribution in [0, 0.1) is 23.7 Å². The van der Waals surface area contributed by atoms with Gasteiger partial charge in [-0.1, -0.05) is 312 Å². The number of hydrogen-bond donors (Lipinski definition) is 3. The van der Waals surface area contributed by atoms with Gasteiger partial charge in [0.05, 0.1) is 26.4 Å². The molecule has 0 bridgehead atoms. The molecule has 3 unspecified atom stereocenters. The number of carbonyl (C=O) groups excluding carboxylic acids is 4. The third kappa shape index (κ3) is 65.4. The fourth-order valence-corrected chi connectivity index (χ4v) is 12.6. The summed E-state index contributed by atoms with van der Waals surface area (Å²) >= 11 is 0. The summed E-state index contributed by atoms with van der Waals surface area (Å²) in [6.45, 7) is 14.1. The number of esters is 4. The zero-order valence-electron chi connectivity index (χ0n) is 60.2. The smallest absolute Gasteiger partial charge is 0.462 e. The van der Waals surface area contributed by atoms with E-state index < -0.39 is 97.5 Å². The highest BCUT2D eigenvalue weighted by molar-refractivity contribution is 7.47. The fourth-order valence-electron chi connectivity index (χ4n) is 11.0. The summed E-state index contributed by atoms with van der Waals surface area (Å²) in [6, 6.07) is 0. The Balaban J connectivity index is 5.23. The molecule has 0 aliphatic rings. The average molecular weight is 1350 g/mol. The van der Waals surface area contributed by atoms with Crippen molar-refractivity contribution in [2.24, 2.45) is 23.7 Å². The van der Waals surface area contributed by atoms with Crippen LogP contribution in [0.1, 0.15) is 364 Å². The number of aliphatic hydroxyl groups excluding tert-OH is 1. The maximum Gasteiger partial charge on any atom is 0.472 e. The van der Waals surface area contributed by atoms with Crippen molar-refractivity contribution in [1.82, 2.24) is 0 Å². The maximum absolute atomic E-state index is 13.1. The van der Waals surface area contributed by atoms with E-state index in [4.69, 9.17) is 37.0 Å². The first kappa shape index (κ1) is 90.1. The summed E-state index contributed by atoms with van der Waals surface area (Å²) in [6.07, 6.45) is 46.0. The second-order valence-corrected chi connectivity index (χ2v) is 30.9. The van der Waals surface area contributed by atoms with Crippen molar-refractivity contribution in [2.45, 2.75) is 382 Å². The van der Waals surface area contributed by atoms with E-state index in [1.165, 1.54) is 161 Å². The van der Waals surface area contributed by atoms with E-state index in [1.807, 2.05) is 0 Å². The lowest BCUT2D eigenvalue weighted by Crippen LogP contribution is -2.30. The van der Waals surface area contributed by atoms with Gasteiger partial charge >= 0.3 is 39.5 Å². The molecule has 0 aromatic heterocycles. The van der Waals surface area contributed by atoms with Crippen LogP contribution in [0.5, 0.6) is 0 Å². The number of ether oxygens (including phenoxy) is 4. The van der Waals surface area contributed by atoms with Gasteiger partial charge in [-0.25, -0.2) is 9.13 Å². The number of hydrogen-bond acceptors (Lipinski definition) is 15. The van der Waals surface area contributed by atoms with Crippen LogP contribution in [-0.4, -0.2) is 96.7 Å². The van der Waals surface area contributed by atoms with Gasteiger partial charge in [-0.15, -0.1) is 0 Å². The number of unbranched alkanes of at least 4 members (excludes halogenated alkanes) is 35. The van der Waals surface area contributed by atoms with Gasteiger partial charge in [-0.2, -0.15) is 0 Å². The van der Waals surface area contributed by atoms with Crippen LogP contribution in [0.4, 0.5) is 0 Å². The molecule has 0 aromatic carbocycles. The standard InChI is InChI=1S/C73H142O17P2/c1-9-66(8)52-44-36-30-32-40-48-56-73(78)90-69(60-84-71(76)54-46-38-31-29-35-43-51-65(6)7)62-88-92(81,82)86-58-67(74)57-85-91(79,80)87-61-68(89-72(77)55-47-39-28-24-20-16-12-14-18-22-26-34-42-50-64(4)5)59-83-70(75)53-45-37-27-23-19-15-11-10-13-17-21-25-33-41-49-63(2)3/h63-69,74H,9-62H2,1-8H3,(H,79,80)(H,81,82)/t66?,67-,68-,69-/m1/s1. The Morgan fingerprint density at radius 2 is 0.522 bits per heavy atom. The highest BCUT2D eigenvalue weighted by Gasteiger charge is 2.30. The van der Waals surface area contributed by atoms with Crippen LogP contribution in [0.3, 0.4) is 0 Å². The molecular weight excluding hydrogens is 1210 g/mol. The average Bonchev–Trinajstić information content (AvgIpc) is 1.49. The number of phosphoric ester groups is 2. The topological polar surface area (TPSA) is 237 Å². The molecule has 546 valence electrons. The van der Waals surface area contributed by atoms with Gasteiger partial charge in [0.2, 0.25) is 0 Å². The van der Waals surface area contributed by atoms with E-state index in [0.717, 1.165) is 114 Å². The molecule has 0 aliphatic carbocycles. The molecule has 0 saturated carbocycles. The van der Waals surface area contributed by atoms with Crippen LogP contribution in [0.25, 0.3) is 0 Å². The van der Waals surface area contributed by atoms with Gasteiger partial charge in [0, 0.05) is 25.7 Å². The van der Waals surface area contributed by atoms with E-state index in [1.54, 1.807) is 0 Å². The van der Waals surface area contributed by atoms with Gasteiger partial charge in [-0.05, 0) is 49.4 Å². The molecule has 0 aliphatic heterocycles. The summed E-state index contributed by atoms with van der Waals surface area (Å²) in [5, 5.41) is 10.6. The molecule has 0 fully saturated rings. The summed E-state index contributed by atoms with van der Waals surface area (Å²) in [4.78, 5) is 72.6. The predicted octanol–water partition coefficient (Wildman–Crippen LogP) is 20.9. The highest BCUT2D eigenvalue weighted by Crippen LogP contribution is 2.45. The third-order valence-electron chi connectivity index (χ3n) is 17.2. The highest BCUT2D eigenvalue weighted by atomic mass is 31.2. The van der Waals surface area contributed by atoms with Crippen molar-refractivity contribution in [3.05, 3.63) is 0 Å². The van der Waals surface area contributed by atoms with Gasteiger partial charge in [-0.3, -0.25) is 37.3 Å². The van der Waals surface area contributed by atoms with E-state index in [-0.39, 0.29) is 25.7 Å². The molecule has 17 nitrogen and oxygen atoms in total. The molecule has 6 atom stereocenters. The summed E-state index contributed by atoms with van der Waals surface area (Å²) < 4.78 is 68.3. The fraction of sp³-hybridized carbons (Fsp3) is 0.945. The summed E-state index contributed by atoms with van der Waals surface area (Å²) in [5.74, 6) is 0.856. The lowest BCUT2D eigenvalue weighted by Gasteiger charge is -2.21. The lowest BCUT2D eigenvalue weighted by molar-refractivity contribution is -0.161. The third-order valence-corrected chi connectivity index (χ3v) is 19.1. The van der Waals surface area contributed by atoms with Crippen molar-refractivity contribution in [3.8, 4) is 0 Å². The molecular formula is C73H142O17P2. The SMILES string of the molecule is CCC(C)CCCCCCCCC(=O)O[C@H](COC(=O)CCCCCCCCC(C)C)COP(=O)(O)OC[C@H](O)COP(=O)(O)OC[C@@H](COC(=O)CCCCCCCCCCCCCCCCC(C)C)OC(=O)CCCCCCCCCCCCCCCC(C)C. The molecule has 0 aromatic rings. The van der Waals surface area contributed by atoms with Crippen molar-refractivity contribution in [1.29, 1.82) is 0 Å². The second kappa shape index (κ2) is 62.6. The Morgan fingerprint density at radius 1 is 0.304 bits per heavy atom. The van der Waals surface area contributed by atoms with Gasteiger partial charge < -0.3 is 33.8 Å². The minimum Gasteiger partial charge on any atom is -0.462 e. The van der Waals surface area contributed by atoms with Crippen LogP contribution in [0.2, 0.25) is 0 Å². The quantitative estimate of drug-likeness (QED) is 0.0222. The van der Waals surface area contributed by atoms with Crippen molar-refractivity contribution in [2.75, 3.05) is 39.6 Å². The van der Waals surface area contributed by atoms with Gasteiger partial charge in [0.25, 0.3) is 0 Å².